The first-order chi connectivity index (χ1) is 14.1. The van der Waals surface area contributed by atoms with Gasteiger partial charge < -0.3 is 0 Å². The van der Waals surface area contributed by atoms with Crippen molar-refractivity contribution in [3.63, 3.8) is 0 Å². The molecular formula is C25H27ClN2S. The second-order valence-corrected chi connectivity index (χ2v) is 8.50. The number of nitrogens with zero attached hydrogens (tertiary/aromatic N) is 2. The van der Waals surface area contributed by atoms with Crippen molar-refractivity contribution in [1.29, 1.82) is 0 Å². The number of benzene rings is 1. The topological polar surface area (TPSA) is 25.2 Å². The molecule has 0 spiro atoms. The Morgan fingerprint density at radius 3 is 2.62 bits per heavy atom. The van der Waals surface area contributed by atoms with Crippen molar-refractivity contribution in [2.75, 3.05) is 0 Å². The Morgan fingerprint density at radius 2 is 1.97 bits per heavy atom. The molecule has 0 aliphatic heterocycles. The highest BCUT2D eigenvalue weighted by Crippen LogP contribution is 2.38. The van der Waals surface area contributed by atoms with Gasteiger partial charge in [0.2, 0.25) is 0 Å². The van der Waals surface area contributed by atoms with Gasteiger partial charge in [-0.05, 0) is 85.8 Å². The quantitative estimate of drug-likeness (QED) is 0.281. The Hall–Kier alpha value is -1.98. The zero-order valence-corrected chi connectivity index (χ0v) is 18.7. The molecule has 3 rings (SSSR count). The van der Waals surface area contributed by atoms with Crippen LogP contribution in [0.2, 0.25) is 5.02 Å². The SMILES string of the molecule is CCCCC1CCC(c2ccc(C#Cc3ncc(N=C=S)cc3Cl)c(C)c2)CC1. The van der Waals surface area contributed by atoms with Crippen molar-refractivity contribution in [3.05, 3.63) is 57.9 Å². The number of hydrogen-bond acceptors (Lipinski definition) is 3. The molecule has 0 atom stereocenters. The number of unbranched alkanes of at least 4 members (excludes halogenated alkanes) is 1. The van der Waals surface area contributed by atoms with E-state index >= 15 is 0 Å². The average molecular weight is 423 g/mol. The van der Waals surface area contributed by atoms with E-state index in [4.69, 9.17) is 11.6 Å². The minimum atomic E-state index is 0.470. The third-order valence-corrected chi connectivity index (χ3v) is 6.23. The van der Waals surface area contributed by atoms with Crippen LogP contribution in [0, 0.1) is 24.7 Å². The van der Waals surface area contributed by atoms with E-state index in [0.717, 1.165) is 11.5 Å². The summed E-state index contributed by atoms with van der Waals surface area (Å²) in [5.41, 5.74) is 4.82. The fraction of sp³-hybridized carbons (Fsp3) is 0.440. The number of hydrogen-bond donors (Lipinski definition) is 0. The summed E-state index contributed by atoms with van der Waals surface area (Å²) < 4.78 is 0. The molecule has 0 N–H and O–H groups in total. The summed E-state index contributed by atoms with van der Waals surface area (Å²) in [7, 11) is 0. The van der Waals surface area contributed by atoms with Crippen LogP contribution in [0.4, 0.5) is 5.69 Å². The summed E-state index contributed by atoms with van der Waals surface area (Å²) in [5, 5.41) is 2.78. The minimum absolute atomic E-state index is 0.470. The van der Waals surface area contributed by atoms with E-state index < -0.39 is 0 Å². The van der Waals surface area contributed by atoms with Crippen molar-refractivity contribution in [3.8, 4) is 11.8 Å². The van der Waals surface area contributed by atoms with E-state index in [1.54, 1.807) is 12.3 Å². The van der Waals surface area contributed by atoms with Gasteiger partial charge in [-0.15, -0.1) is 0 Å². The molecule has 0 radical (unpaired) electrons. The minimum Gasteiger partial charge on any atom is -0.244 e. The third-order valence-electron chi connectivity index (χ3n) is 5.85. The Bertz CT molecular complexity index is 959. The molecule has 29 heavy (non-hydrogen) atoms. The van der Waals surface area contributed by atoms with Crippen LogP contribution in [0.3, 0.4) is 0 Å². The highest BCUT2D eigenvalue weighted by Gasteiger charge is 2.22. The maximum absolute atomic E-state index is 6.25. The van der Waals surface area contributed by atoms with Gasteiger partial charge in [-0.2, -0.15) is 4.99 Å². The first-order valence-corrected chi connectivity index (χ1v) is 11.2. The lowest BCUT2D eigenvalue weighted by atomic mass is 9.76. The molecule has 1 aliphatic rings. The van der Waals surface area contributed by atoms with Crippen molar-refractivity contribution >= 4 is 34.7 Å². The molecule has 2 nitrogen and oxygen atoms in total. The number of aryl methyl sites for hydroxylation is 1. The lowest BCUT2D eigenvalue weighted by molar-refractivity contribution is 0.304. The van der Waals surface area contributed by atoms with Gasteiger partial charge in [0.25, 0.3) is 0 Å². The van der Waals surface area contributed by atoms with Gasteiger partial charge in [0.05, 0.1) is 22.1 Å². The highest BCUT2D eigenvalue weighted by atomic mass is 35.5. The summed E-state index contributed by atoms with van der Waals surface area (Å²) in [6.45, 7) is 4.42. The molecular weight excluding hydrogens is 396 g/mol. The number of pyridine rings is 1. The van der Waals surface area contributed by atoms with Gasteiger partial charge in [0, 0.05) is 5.56 Å². The number of rotatable bonds is 5. The van der Waals surface area contributed by atoms with Crippen molar-refractivity contribution in [1.82, 2.24) is 4.98 Å². The fourth-order valence-corrected chi connectivity index (χ4v) is 4.43. The van der Waals surface area contributed by atoms with E-state index in [9.17, 15) is 0 Å². The van der Waals surface area contributed by atoms with Gasteiger partial charge in [0.15, 0.2) is 0 Å². The molecule has 1 aromatic carbocycles. The van der Waals surface area contributed by atoms with Crippen molar-refractivity contribution in [2.24, 2.45) is 10.9 Å². The Kier molecular flexibility index (Phi) is 8.01. The standard InChI is InChI=1S/C25H27ClN2S/c1-3-4-5-19-6-8-21(9-7-19)22-11-10-20(18(2)14-22)12-13-25-24(26)15-23(16-27-25)28-17-29/h10-11,14-16,19,21H,3-9H2,1-2H3. The zero-order valence-electron chi connectivity index (χ0n) is 17.2. The lowest BCUT2D eigenvalue weighted by Crippen LogP contribution is -2.13. The van der Waals surface area contributed by atoms with Gasteiger partial charge in [-0.25, -0.2) is 4.98 Å². The average Bonchev–Trinajstić information content (AvgIpc) is 2.73. The van der Waals surface area contributed by atoms with Crippen LogP contribution >= 0.6 is 23.8 Å². The molecule has 150 valence electrons. The van der Waals surface area contributed by atoms with Crippen LogP contribution in [-0.2, 0) is 0 Å². The summed E-state index contributed by atoms with van der Waals surface area (Å²) in [5.74, 6) is 7.93. The summed E-state index contributed by atoms with van der Waals surface area (Å²) >= 11 is 10.9. The van der Waals surface area contributed by atoms with Crippen LogP contribution in [0.25, 0.3) is 0 Å². The molecule has 0 saturated heterocycles. The molecule has 0 amide bonds. The number of halogens is 1. The molecule has 1 fully saturated rings. The number of aliphatic imine (C=N–C) groups is 1. The number of thiocarbonyl (C=S) groups is 1. The Morgan fingerprint density at radius 1 is 1.17 bits per heavy atom. The van der Waals surface area contributed by atoms with Crippen molar-refractivity contribution < 1.29 is 0 Å². The fourth-order valence-electron chi connectivity index (χ4n) is 4.12. The Balaban J connectivity index is 1.68. The monoisotopic (exact) mass is 422 g/mol. The largest absolute Gasteiger partial charge is 0.244 e. The lowest BCUT2D eigenvalue weighted by Gasteiger charge is -2.29. The Labute approximate surface area is 184 Å². The highest BCUT2D eigenvalue weighted by molar-refractivity contribution is 7.78. The van der Waals surface area contributed by atoms with E-state index in [1.807, 2.05) is 0 Å². The maximum atomic E-state index is 6.25. The van der Waals surface area contributed by atoms with Gasteiger partial charge in [-0.1, -0.05) is 55.8 Å². The number of isothiocyanates is 1. The normalized spacial score (nSPS) is 18.4. The second-order valence-electron chi connectivity index (χ2n) is 7.91. The molecule has 0 unspecified atom stereocenters. The van der Waals surface area contributed by atoms with Gasteiger partial charge in [-0.3, -0.25) is 0 Å². The van der Waals surface area contributed by atoms with Crippen LogP contribution in [0.5, 0.6) is 0 Å². The van der Waals surface area contributed by atoms with Crippen LogP contribution in [0.1, 0.15) is 80.2 Å². The van der Waals surface area contributed by atoms with E-state index in [2.05, 4.69) is 71.2 Å². The van der Waals surface area contributed by atoms with Crippen LogP contribution in [0.15, 0.2) is 35.5 Å². The molecule has 1 heterocycles. The molecule has 0 bridgehead atoms. The van der Waals surface area contributed by atoms with E-state index in [-0.39, 0.29) is 0 Å². The van der Waals surface area contributed by atoms with Crippen LogP contribution < -0.4 is 0 Å². The summed E-state index contributed by atoms with van der Waals surface area (Å²) in [6.07, 6.45) is 11.1. The first-order valence-electron chi connectivity index (χ1n) is 10.5. The predicted molar refractivity (Wildman–Crippen MR) is 125 cm³/mol. The first kappa shape index (κ1) is 21.7. The predicted octanol–water partition coefficient (Wildman–Crippen LogP) is 7.64. The summed E-state index contributed by atoms with van der Waals surface area (Å²) in [4.78, 5) is 8.16. The molecule has 1 aromatic heterocycles. The van der Waals surface area contributed by atoms with E-state index in [1.165, 1.54) is 56.1 Å². The van der Waals surface area contributed by atoms with E-state index in [0.29, 0.717) is 22.3 Å². The van der Waals surface area contributed by atoms with Gasteiger partial charge in [0.1, 0.15) is 5.69 Å². The molecule has 1 aliphatic carbocycles. The molecule has 4 heteroatoms. The maximum Gasteiger partial charge on any atom is 0.132 e. The summed E-state index contributed by atoms with van der Waals surface area (Å²) in [6, 6.07) is 8.40. The van der Waals surface area contributed by atoms with Crippen molar-refractivity contribution in [2.45, 2.75) is 64.7 Å². The van der Waals surface area contributed by atoms with Gasteiger partial charge >= 0.3 is 0 Å². The third kappa shape index (κ3) is 6.00. The molecule has 2 aromatic rings. The second kappa shape index (κ2) is 10.7. The number of aromatic nitrogens is 1. The zero-order chi connectivity index (χ0) is 20.6. The molecule has 1 saturated carbocycles. The van der Waals surface area contributed by atoms with Crippen LogP contribution in [-0.4, -0.2) is 10.1 Å². The smallest absolute Gasteiger partial charge is 0.132 e.